The Morgan fingerprint density at radius 2 is 2.00 bits per heavy atom. The number of carbonyl (C=O) groups is 1. The lowest BCUT2D eigenvalue weighted by molar-refractivity contribution is -0.114. The van der Waals surface area contributed by atoms with E-state index in [1.165, 1.54) is 12.1 Å². The zero-order valence-corrected chi connectivity index (χ0v) is 11.0. The highest BCUT2D eigenvalue weighted by Gasteiger charge is 2.05. The van der Waals surface area contributed by atoms with E-state index in [2.05, 4.69) is 10.6 Å². The summed E-state index contributed by atoms with van der Waals surface area (Å²) in [6.07, 6.45) is 0. The molecule has 0 aliphatic rings. The van der Waals surface area contributed by atoms with Crippen molar-refractivity contribution in [3.8, 4) is 5.75 Å². The Bertz CT molecular complexity index is 602. The van der Waals surface area contributed by atoms with Gasteiger partial charge in [0.1, 0.15) is 11.6 Å². The molecule has 0 bridgehead atoms. The van der Waals surface area contributed by atoms with Gasteiger partial charge in [0.05, 0.1) is 19.3 Å². The molecule has 1 amide bonds. The highest BCUT2D eigenvalue weighted by Crippen LogP contribution is 2.22. The summed E-state index contributed by atoms with van der Waals surface area (Å²) >= 11 is 0. The monoisotopic (exact) mass is 274 g/mol. The van der Waals surface area contributed by atoms with Gasteiger partial charge in [0, 0.05) is 5.69 Å². The molecule has 0 saturated heterocycles. The van der Waals surface area contributed by atoms with E-state index in [0.29, 0.717) is 11.4 Å². The number of ether oxygens (including phenoxy) is 1. The number of hydrogen-bond donors (Lipinski definition) is 2. The quantitative estimate of drug-likeness (QED) is 0.881. The van der Waals surface area contributed by atoms with Gasteiger partial charge in [-0.1, -0.05) is 18.2 Å². The summed E-state index contributed by atoms with van der Waals surface area (Å²) in [5, 5.41) is 5.58. The number of para-hydroxylation sites is 2. The first kappa shape index (κ1) is 13.9. The summed E-state index contributed by atoms with van der Waals surface area (Å²) < 4.78 is 18.2. The zero-order chi connectivity index (χ0) is 14.4. The number of nitrogens with one attached hydrogen (secondary N) is 2. The number of methoxy groups -OCH3 is 1. The van der Waals surface area contributed by atoms with E-state index in [4.69, 9.17) is 4.74 Å². The minimum absolute atomic E-state index is 0.0664. The zero-order valence-electron chi connectivity index (χ0n) is 11.0. The minimum atomic E-state index is -0.388. The number of hydrogen-bond acceptors (Lipinski definition) is 3. The first-order chi connectivity index (χ1) is 9.69. The second-order valence-electron chi connectivity index (χ2n) is 4.11. The molecule has 0 aliphatic heterocycles. The smallest absolute Gasteiger partial charge is 0.243 e. The van der Waals surface area contributed by atoms with E-state index in [0.717, 1.165) is 5.69 Å². The molecular weight excluding hydrogens is 259 g/mol. The van der Waals surface area contributed by atoms with Gasteiger partial charge in [-0.3, -0.25) is 4.79 Å². The van der Waals surface area contributed by atoms with Crippen LogP contribution in [-0.4, -0.2) is 19.6 Å². The number of amides is 1. The van der Waals surface area contributed by atoms with Crippen LogP contribution in [0.1, 0.15) is 0 Å². The van der Waals surface area contributed by atoms with Crippen molar-refractivity contribution < 1.29 is 13.9 Å². The van der Waals surface area contributed by atoms with Crippen LogP contribution in [0.3, 0.4) is 0 Å². The lowest BCUT2D eigenvalue weighted by Crippen LogP contribution is -2.21. The average Bonchev–Trinajstić information content (AvgIpc) is 2.45. The standard InChI is InChI=1S/C15H15FN2O2/c1-20-14-8-3-2-7-13(14)17-10-15(19)18-12-6-4-5-11(16)9-12/h2-9,17H,10H2,1H3,(H,18,19). The SMILES string of the molecule is COc1ccccc1NCC(=O)Nc1cccc(F)c1. The summed E-state index contributed by atoms with van der Waals surface area (Å²) in [4.78, 5) is 11.8. The fraction of sp³-hybridized carbons (Fsp3) is 0.133. The van der Waals surface area contributed by atoms with Crippen LogP contribution in [0.4, 0.5) is 15.8 Å². The normalized spacial score (nSPS) is 9.90. The molecule has 104 valence electrons. The first-order valence-corrected chi connectivity index (χ1v) is 6.11. The lowest BCUT2D eigenvalue weighted by Gasteiger charge is -2.11. The largest absolute Gasteiger partial charge is 0.495 e. The van der Waals surface area contributed by atoms with Crippen molar-refractivity contribution in [2.45, 2.75) is 0 Å². The van der Waals surface area contributed by atoms with Crippen molar-refractivity contribution >= 4 is 17.3 Å². The van der Waals surface area contributed by atoms with Crippen LogP contribution in [0.5, 0.6) is 5.75 Å². The topological polar surface area (TPSA) is 50.4 Å². The van der Waals surface area contributed by atoms with E-state index in [9.17, 15) is 9.18 Å². The van der Waals surface area contributed by atoms with E-state index >= 15 is 0 Å². The van der Waals surface area contributed by atoms with E-state index in [1.807, 2.05) is 18.2 Å². The van der Waals surface area contributed by atoms with Crippen LogP contribution in [-0.2, 0) is 4.79 Å². The Morgan fingerprint density at radius 1 is 1.20 bits per heavy atom. The molecule has 2 aromatic rings. The van der Waals surface area contributed by atoms with Crippen molar-refractivity contribution in [2.75, 3.05) is 24.3 Å². The van der Waals surface area contributed by atoms with Gasteiger partial charge in [0.2, 0.25) is 5.91 Å². The molecule has 2 N–H and O–H groups in total. The molecule has 0 aromatic heterocycles. The van der Waals surface area contributed by atoms with Gasteiger partial charge in [-0.15, -0.1) is 0 Å². The summed E-state index contributed by atoms with van der Waals surface area (Å²) in [7, 11) is 1.56. The van der Waals surface area contributed by atoms with Gasteiger partial charge < -0.3 is 15.4 Å². The second kappa shape index (κ2) is 6.56. The number of carbonyl (C=O) groups excluding carboxylic acids is 1. The molecular formula is C15H15FN2O2. The molecule has 0 spiro atoms. The van der Waals surface area contributed by atoms with Crippen molar-refractivity contribution in [1.82, 2.24) is 0 Å². The summed E-state index contributed by atoms with van der Waals surface area (Å²) in [5.74, 6) is 0.00745. The number of anilines is 2. The molecule has 2 aromatic carbocycles. The van der Waals surface area contributed by atoms with E-state index in [1.54, 1.807) is 25.3 Å². The molecule has 0 radical (unpaired) electrons. The molecule has 0 atom stereocenters. The van der Waals surface area contributed by atoms with Gasteiger partial charge in [0.15, 0.2) is 0 Å². The Hall–Kier alpha value is -2.56. The van der Waals surface area contributed by atoms with Crippen LogP contribution in [0.2, 0.25) is 0 Å². The van der Waals surface area contributed by atoms with Gasteiger partial charge in [-0.25, -0.2) is 4.39 Å². The van der Waals surface area contributed by atoms with Gasteiger partial charge in [0.25, 0.3) is 0 Å². The maximum Gasteiger partial charge on any atom is 0.243 e. The predicted octanol–water partition coefficient (Wildman–Crippen LogP) is 2.88. The third-order valence-corrected chi connectivity index (χ3v) is 2.65. The Morgan fingerprint density at radius 3 is 2.75 bits per heavy atom. The van der Waals surface area contributed by atoms with Crippen LogP contribution in [0.15, 0.2) is 48.5 Å². The maximum atomic E-state index is 13.0. The van der Waals surface area contributed by atoms with Crippen molar-refractivity contribution in [2.24, 2.45) is 0 Å². The molecule has 0 heterocycles. The fourth-order valence-electron chi connectivity index (χ4n) is 1.74. The molecule has 0 saturated carbocycles. The highest BCUT2D eigenvalue weighted by molar-refractivity contribution is 5.93. The van der Waals surface area contributed by atoms with Crippen LogP contribution in [0.25, 0.3) is 0 Å². The summed E-state index contributed by atoms with van der Waals surface area (Å²) in [6, 6.07) is 13.1. The average molecular weight is 274 g/mol. The maximum absolute atomic E-state index is 13.0. The molecule has 0 aliphatic carbocycles. The van der Waals surface area contributed by atoms with E-state index in [-0.39, 0.29) is 18.3 Å². The third-order valence-electron chi connectivity index (χ3n) is 2.65. The van der Waals surface area contributed by atoms with Gasteiger partial charge in [-0.2, -0.15) is 0 Å². The lowest BCUT2D eigenvalue weighted by atomic mass is 10.3. The highest BCUT2D eigenvalue weighted by atomic mass is 19.1. The molecule has 2 rings (SSSR count). The molecule has 20 heavy (non-hydrogen) atoms. The van der Waals surface area contributed by atoms with Crippen molar-refractivity contribution in [3.63, 3.8) is 0 Å². The summed E-state index contributed by atoms with van der Waals surface area (Å²) in [6.45, 7) is 0.0664. The Balaban J connectivity index is 1.92. The number of benzene rings is 2. The van der Waals surface area contributed by atoms with Crippen LogP contribution in [0, 0.1) is 5.82 Å². The Labute approximate surface area is 116 Å². The van der Waals surface area contributed by atoms with Gasteiger partial charge >= 0.3 is 0 Å². The van der Waals surface area contributed by atoms with Crippen molar-refractivity contribution in [1.29, 1.82) is 0 Å². The fourth-order valence-corrected chi connectivity index (χ4v) is 1.74. The molecule has 0 unspecified atom stereocenters. The molecule has 0 fully saturated rings. The van der Waals surface area contributed by atoms with Crippen LogP contribution >= 0.6 is 0 Å². The molecule has 4 nitrogen and oxygen atoms in total. The molecule has 5 heteroatoms. The Kier molecular flexibility index (Phi) is 4.55. The minimum Gasteiger partial charge on any atom is -0.495 e. The van der Waals surface area contributed by atoms with Crippen molar-refractivity contribution in [3.05, 3.63) is 54.3 Å². The number of halogens is 1. The third kappa shape index (κ3) is 3.71. The number of rotatable bonds is 5. The summed E-state index contributed by atoms with van der Waals surface area (Å²) in [5.41, 5.74) is 1.15. The van der Waals surface area contributed by atoms with E-state index < -0.39 is 0 Å². The first-order valence-electron chi connectivity index (χ1n) is 6.11. The van der Waals surface area contributed by atoms with Crippen LogP contribution < -0.4 is 15.4 Å². The van der Waals surface area contributed by atoms with Gasteiger partial charge in [-0.05, 0) is 30.3 Å². The predicted molar refractivity (Wildman–Crippen MR) is 76.5 cm³/mol. The second-order valence-corrected chi connectivity index (χ2v) is 4.11.